The topological polar surface area (TPSA) is 34.4 Å². The van der Waals surface area contributed by atoms with Gasteiger partial charge in [-0.25, -0.2) is 4.52 Å². The maximum Gasteiger partial charge on any atom is 0.207 e. The molecule has 0 saturated heterocycles. The molecule has 22 heavy (non-hydrogen) atoms. The van der Waals surface area contributed by atoms with E-state index in [0.29, 0.717) is 5.56 Å². The largest absolute Gasteiger partial charge is 0.288 e. The molecule has 1 aromatic carbocycles. The zero-order chi connectivity index (χ0) is 14.9. The molecule has 0 saturated carbocycles. The van der Waals surface area contributed by atoms with E-state index in [0.717, 1.165) is 21.7 Å². The average molecular weight is 304 g/mol. The van der Waals surface area contributed by atoms with E-state index in [1.807, 2.05) is 72.2 Å². The van der Waals surface area contributed by atoms with Gasteiger partial charge in [-0.15, -0.1) is 11.3 Å². The van der Waals surface area contributed by atoms with Crippen molar-refractivity contribution in [2.45, 2.75) is 0 Å². The predicted octanol–water partition coefficient (Wildman–Crippen LogP) is 4.29. The Morgan fingerprint density at radius 2 is 1.77 bits per heavy atom. The van der Waals surface area contributed by atoms with Crippen LogP contribution in [0.4, 0.5) is 0 Å². The van der Waals surface area contributed by atoms with Crippen LogP contribution in [0.15, 0.2) is 72.2 Å². The van der Waals surface area contributed by atoms with Gasteiger partial charge >= 0.3 is 0 Å². The van der Waals surface area contributed by atoms with Crippen molar-refractivity contribution in [2.24, 2.45) is 0 Å². The minimum atomic E-state index is 0.0232. The zero-order valence-electron chi connectivity index (χ0n) is 11.6. The third-order valence-corrected chi connectivity index (χ3v) is 4.43. The lowest BCUT2D eigenvalue weighted by Crippen LogP contribution is -2.00. The quantitative estimate of drug-likeness (QED) is 0.529. The Hall–Kier alpha value is -2.72. The highest BCUT2D eigenvalue weighted by molar-refractivity contribution is 7.12. The normalized spacial score (nSPS) is 10.9. The maximum atomic E-state index is 12.9. The molecule has 0 radical (unpaired) electrons. The lowest BCUT2D eigenvalue weighted by atomic mass is 10.0. The van der Waals surface area contributed by atoms with Crippen LogP contribution in [-0.4, -0.2) is 15.4 Å². The summed E-state index contributed by atoms with van der Waals surface area (Å²) in [7, 11) is 0. The first-order valence-electron chi connectivity index (χ1n) is 6.95. The second-order valence-electron chi connectivity index (χ2n) is 4.93. The molecule has 0 bridgehead atoms. The number of thiophene rings is 1. The lowest BCUT2D eigenvalue weighted by Gasteiger charge is -2.01. The van der Waals surface area contributed by atoms with Gasteiger partial charge in [0.2, 0.25) is 5.78 Å². The van der Waals surface area contributed by atoms with Crippen LogP contribution in [0.5, 0.6) is 0 Å². The summed E-state index contributed by atoms with van der Waals surface area (Å²) < 4.78 is 1.77. The number of aromatic nitrogens is 2. The molecule has 4 rings (SSSR count). The molecular weight excluding hydrogens is 292 g/mol. The third-order valence-electron chi connectivity index (χ3n) is 3.56. The first-order chi connectivity index (χ1) is 10.8. The van der Waals surface area contributed by atoms with Gasteiger partial charge < -0.3 is 0 Å². The maximum absolute atomic E-state index is 12.9. The Morgan fingerprint density at radius 3 is 2.55 bits per heavy atom. The van der Waals surface area contributed by atoms with E-state index in [1.54, 1.807) is 4.52 Å². The number of benzene rings is 1. The highest BCUT2D eigenvalue weighted by Crippen LogP contribution is 2.29. The average Bonchev–Trinajstić information content (AvgIpc) is 3.23. The van der Waals surface area contributed by atoms with E-state index in [4.69, 9.17) is 0 Å². The summed E-state index contributed by atoms with van der Waals surface area (Å²) in [5, 5.41) is 6.53. The van der Waals surface area contributed by atoms with Crippen molar-refractivity contribution in [1.29, 1.82) is 0 Å². The van der Waals surface area contributed by atoms with Crippen LogP contribution in [-0.2, 0) is 0 Å². The SMILES string of the molecule is O=C(c1cccs1)c1c(-c2ccccc2)nn2ccccc12. The van der Waals surface area contributed by atoms with Gasteiger partial charge in [0.15, 0.2) is 0 Å². The van der Waals surface area contributed by atoms with Crippen molar-refractivity contribution in [2.75, 3.05) is 0 Å². The molecule has 4 heteroatoms. The fourth-order valence-electron chi connectivity index (χ4n) is 2.55. The Kier molecular flexibility index (Phi) is 3.09. The van der Waals surface area contributed by atoms with E-state index in [2.05, 4.69) is 5.10 Å². The molecule has 0 unspecified atom stereocenters. The van der Waals surface area contributed by atoms with E-state index < -0.39 is 0 Å². The molecule has 0 N–H and O–H groups in total. The fourth-order valence-corrected chi connectivity index (χ4v) is 3.22. The molecule has 0 atom stereocenters. The summed E-state index contributed by atoms with van der Waals surface area (Å²) in [4.78, 5) is 13.7. The number of carbonyl (C=O) groups excluding carboxylic acids is 1. The van der Waals surface area contributed by atoms with Crippen molar-refractivity contribution in [3.8, 4) is 11.3 Å². The van der Waals surface area contributed by atoms with Gasteiger partial charge in [-0.05, 0) is 23.6 Å². The molecule has 0 fully saturated rings. The van der Waals surface area contributed by atoms with Gasteiger partial charge in [0.1, 0.15) is 5.69 Å². The number of rotatable bonds is 3. The Bertz CT molecular complexity index is 940. The number of nitrogens with zero attached hydrogens (tertiary/aromatic N) is 2. The molecule has 3 nitrogen and oxygen atoms in total. The molecular formula is C18H12N2OS. The van der Waals surface area contributed by atoms with Crippen LogP contribution < -0.4 is 0 Å². The van der Waals surface area contributed by atoms with Crippen LogP contribution in [0.25, 0.3) is 16.8 Å². The summed E-state index contributed by atoms with van der Waals surface area (Å²) in [6.07, 6.45) is 1.87. The Labute approximate surface area is 131 Å². The monoisotopic (exact) mass is 304 g/mol. The second-order valence-corrected chi connectivity index (χ2v) is 5.87. The van der Waals surface area contributed by atoms with E-state index in [-0.39, 0.29) is 5.78 Å². The van der Waals surface area contributed by atoms with E-state index in [1.165, 1.54) is 11.3 Å². The predicted molar refractivity (Wildman–Crippen MR) is 88.4 cm³/mol. The first kappa shape index (κ1) is 13.0. The lowest BCUT2D eigenvalue weighted by molar-refractivity contribution is 0.104. The number of carbonyl (C=O) groups is 1. The van der Waals surface area contributed by atoms with Gasteiger partial charge in [0, 0.05) is 11.8 Å². The first-order valence-corrected chi connectivity index (χ1v) is 7.83. The number of hydrogen-bond acceptors (Lipinski definition) is 3. The summed E-state index contributed by atoms with van der Waals surface area (Å²) in [6.45, 7) is 0. The number of hydrogen-bond donors (Lipinski definition) is 0. The Morgan fingerprint density at radius 1 is 0.955 bits per heavy atom. The summed E-state index contributed by atoms with van der Waals surface area (Å²) in [6, 6.07) is 19.4. The van der Waals surface area contributed by atoms with Crippen molar-refractivity contribution >= 4 is 22.6 Å². The van der Waals surface area contributed by atoms with Gasteiger partial charge in [0.05, 0.1) is 16.0 Å². The smallest absolute Gasteiger partial charge is 0.207 e. The number of ketones is 1. The standard InChI is InChI=1S/C18H12N2OS/c21-18(15-10-6-12-22-15)16-14-9-4-5-11-20(14)19-17(16)13-7-2-1-3-8-13/h1-12H. The van der Waals surface area contributed by atoms with Gasteiger partial charge in [-0.1, -0.05) is 42.5 Å². The highest BCUT2D eigenvalue weighted by atomic mass is 32.1. The molecule has 0 aliphatic rings. The Balaban J connectivity index is 2.01. The number of fused-ring (bicyclic) bond motifs is 1. The van der Waals surface area contributed by atoms with Crippen molar-refractivity contribution in [3.05, 3.63) is 82.7 Å². The molecule has 0 amide bonds. The van der Waals surface area contributed by atoms with Gasteiger partial charge in [0.25, 0.3) is 0 Å². The van der Waals surface area contributed by atoms with Crippen LogP contribution in [0.2, 0.25) is 0 Å². The summed E-state index contributed by atoms with van der Waals surface area (Å²) in [5.41, 5.74) is 3.17. The molecule has 3 heterocycles. The highest BCUT2D eigenvalue weighted by Gasteiger charge is 2.22. The van der Waals surface area contributed by atoms with Gasteiger partial charge in [-0.3, -0.25) is 4.79 Å². The molecule has 0 spiro atoms. The number of pyridine rings is 1. The van der Waals surface area contributed by atoms with Gasteiger partial charge in [-0.2, -0.15) is 5.10 Å². The van der Waals surface area contributed by atoms with Crippen LogP contribution in [0.3, 0.4) is 0 Å². The molecule has 0 aliphatic heterocycles. The van der Waals surface area contributed by atoms with Crippen LogP contribution >= 0.6 is 11.3 Å². The summed E-state index contributed by atoms with van der Waals surface area (Å²) >= 11 is 1.46. The van der Waals surface area contributed by atoms with Crippen LogP contribution in [0, 0.1) is 0 Å². The zero-order valence-corrected chi connectivity index (χ0v) is 12.5. The minimum Gasteiger partial charge on any atom is -0.288 e. The van der Waals surface area contributed by atoms with Crippen molar-refractivity contribution < 1.29 is 4.79 Å². The molecule has 4 aromatic rings. The molecule has 3 aromatic heterocycles. The second kappa shape index (κ2) is 5.24. The van der Waals surface area contributed by atoms with Crippen LogP contribution in [0.1, 0.15) is 15.2 Å². The van der Waals surface area contributed by atoms with Crippen molar-refractivity contribution in [3.63, 3.8) is 0 Å². The van der Waals surface area contributed by atoms with Crippen molar-refractivity contribution in [1.82, 2.24) is 9.61 Å². The minimum absolute atomic E-state index is 0.0232. The molecule has 106 valence electrons. The third kappa shape index (κ3) is 2.05. The van der Waals surface area contributed by atoms with E-state index in [9.17, 15) is 4.79 Å². The fraction of sp³-hybridized carbons (Fsp3) is 0. The van der Waals surface area contributed by atoms with E-state index >= 15 is 0 Å². The molecule has 0 aliphatic carbocycles. The summed E-state index contributed by atoms with van der Waals surface area (Å²) in [5.74, 6) is 0.0232.